The molecular weight excluding hydrogens is 337 g/mol. The van der Waals surface area contributed by atoms with E-state index in [9.17, 15) is 4.39 Å². The van der Waals surface area contributed by atoms with Crippen molar-refractivity contribution in [1.29, 1.82) is 0 Å². The number of hydrogen-bond donors (Lipinski definition) is 0. The molecule has 0 aliphatic heterocycles. The van der Waals surface area contributed by atoms with Gasteiger partial charge < -0.3 is 4.40 Å². The molecule has 124 valence electrons. The largest absolute Gasteiger partial charge is 0.306 e. The van der Waals surface area contributed by atoms with Gasteiger partial charge in [0, 0.05) is 35.6 Å². The Morgan fingerprint density at radius 3 is 2.72 bits per heavy atom. The Labute approximate surface area is 149 Å². The van der Waals surface area contributed by atoms with Gasteiger partial charge in [0.25, 0.3) is 0 Å². The molecule has 3 heterocycles. The lowest BCUT2D eigenvalue weighted by Gasteiger charge is -2.09. The number of aryl methyl sites for hydroxylation is 1. The Morgan fingerprint density at radius 1 is 1.08 bits per heavy atom. The van der Waals surface area contributed by atoms with E-state index in [2.05, 4.69) is 16.0 Å². The highest BCUT2D eigenvalue weighted by Crippen LogP contribution is 2.28. The molecule has 0 unspecified atom stereocenters. The number of aromatic nitrogens is 3. The third-order valence-electron chi connectivity index (χ3n) is 4.06. The maximum Gasteiger partial charge on any atom is 0.212 e. The van der Waals surface area contributed by atoms with Crippen LogP contribution in [0, 0.1) is 12.9 Å². The van der Waals surface area contributed by atoms with Gasteiger partial charge in [0.05, 0.1) is 5.69 Å². The highest BCUT2D eigenvalue weighted by atomic mass is 35.5. The molecule has 0 bridgehead atoms. The topological polar surface area (TPSA) is 30.2 Å². The molecule has 4 aromatic rings. The maximum atomic E-state index is 13.0. The van der Waals surface area contributed by atoms with Gasteiger partial charge in [-0.05, 0) is 47.9 Å². The highest BCUT2D eigenvalue weighted by Gasteiger charge is 2.10. The van der Waals surface area contributed by atoms with Crippen LogP contribution < -0.4 is 0 Å². The summed E-state index contributed by atoms with van der Waals surface area (Å²) in [5.41, 5.74) is 5.91. The van der Waals surface area contributed by atoms with E-state index >= 15 is 0 Å². The molecule has 0 radical (unpaired) electrons. The number of halogens is 2. The summed E-state index contributed by atoms with van der Waals surface area (Å²) in [6, 6.07) is 13.0. The third kappa shape index (κ3) is 3.26. The third-order valence-corrected chi connectivity index (χ3v) is 4.30. The van der Waals surface area contributed by atoms with Gasteiger partial charge in [-0.2, -0.15) is 4.39 Å². The summed E-state index contributed by atoms with van der Waals surface area (Å²) in [5.74, 6) is -0.468. The lowest BCUT2D eigenvalue weighted by molar-refractivity contribution is 0.582. The van der Waals surface area contributed by atoms with Crippen LogP contribution in [0.4, 0.5) is 4.39 Å². The number of rotatable bonds is 3. The van der Waals surface area contributed by atoms with Crippen LogP contribution in [0.2, 0.25) is 5.02 Å². The fourth-order valence-electron chi connectivity index (χ4n) is 2.99. The molecule has 25 heavy (non-hydrogen) atoms. The van der Waals surface area contributed by atoms with Gasteiger partial charge in [-0.25, -0.2) is 9.97 Å². The van der Waals surface area contributed by atoms with Crippen molar-refractivity contribution in [3.8, 4) is 11.1 Å². The zero-order valence-electron chi connectivity index (χ0n) is 13.6. The lowest BCUT2D eigenvalue weighted by Crippen LogP contribution is -1.96. The van der Waals surface area contributed by atoms with E-state index in [4.69, 9.17) is 11.6 Å². The van der Waals surface area contributed by atoms with Crippen LogP contribution in [0.1, 0.15) is 16.8 Å². The Balaban J connectivity index is 1.84. The average Bonchev–Trinajstić information content (AvgIpc) is 2.96. The van der Waals surface area contributed by atoms with Crippen molar-refractivity contribution in [2.75, 3.05) is 0 Å². The minimum atomic E-state index is -0.468. The first-order valence-corrected chi connectivity index (χ1v) is 8.31. The molecule has 3 nitrogen and oxygen atoms in total. The zero-order valence-corrected chi connectivity index (χ0v) is 14.3. The van der Waals surface area contributed by atoms with E-state index in [1.807, 2.05) is 48.0 Å². The number of imidazole rings is 1. The summed E-state index contributed by atoms with van der Waals surface area (Å²) in [6.45, 7) is 1.97. The van der Waals surface area contributed by atoms with Gasteiger partial charge >= 0.3 is 0 Å². The monoisotopic (exact) mass is 351 g/mol. The molecule has 0 spiro atoms. The van der Waals surface area contributed by atoms with Crippen LogP contribution in [-0.2, 0) is 6.42 Å². The van der Waals surface area contributed by atoms with Gasteiger partial charge in [0.2, 0.25) is 5.95 Å². The average molecular weight is 352 g/mol. The SMILES string of the molecule is Cc1cn2cc(Cc3ccc(F)nc3)cc(-c3cccc(Cl)c3)c2n1. The standard InChI is InChI=1S/C20H15ClFN3/c1-13-11-25-12-15(7-14-5-6-19(22)23-10-14)8-18(20(25)24-13)16-3-2-4-17(21)9-16/h2-6,8-12H,7H2,1H3. The Morgan fingerprint density at radius 2 is 1.96 bits per heavy atom. The predicted molar refractivity (Wildman–Crippen MR) is 97.4 cm³/mol. The van der Waals surface area contributed by atoms with Gasteiger partial charge in [-0.1, -0.05) is 29.8 Å². The van der Waals surface area contributed by atoms with Gasteiger partial charge in [-0.3, -0.25) is 0 Å². The van der Waals surface area contributed by atoms with Crippen molar-refractivity contribution in [2.24, 2.45) is 0 Å². The number of nitrogens with zero attached hydrogens (tertiary/aromatic N) is 3. The Kier molecular flexibility index (Phi) is 3.98. The molecule has 5 heteroatoms. The minimum absolute atomic E-state index is 0.468. The van der Waals surface area contributed by atoms with Crippen LogP contribution in [0.25, 0.3) is 16.8 Å². The number of pyridine rings is 2. The summed E-state index contributed by atoms with van der Waals surface area (Å²) < 4.78 is 15.0. The first-order valence-electron chi connectivity index (χ1n) is 7.93. The number of benzene rings is 1. The molecule has 0 N–H and O–H groups in total. The normalized spacial score (nSPS) is 11.2. The summed E-state index contributed by atoms with van der Waals surface area (Å²) >= 11 is 6.16. The molecule has 0 fully saturated rings. The smallest absolute Gasteiger partial charge is 0.212 e. The molecule has 1 aromatic carbocycles. The second-order valence-electron chi connectivity index (χ2n) is 6.05. The van der Waals surface area contributed by atoms with Crippen molar-refractivity contribution in [3.63, 3.8) is 0 Å². The molecule has 0 saturated heterocycles. The summed E-state index contributed by atoms with van der Waals surface area (Å²) in [6.07, 6.45) is 6.27. The van der Waals surface area contributed by atoms with E-state index < -0.39 is 5.95 Å². The van der Waals surface area contributed by atoms with Crippen LogP contribution in [0.5, 0.6) is 0 Å². The van der Waals surface area contributed by atoms with Crippen molar-refractivity contribution < 1.29 is 4.39 Å². The fourth-order valence-corrected chi connectivity index (χ4v) is 3.18. The van der Waals surface area contributed by atoms with Crippen molar-refractivity contribution in [3.05, 3.63) is 88.8 Å². The van der Waals surface area contributed by atoms with Crippen LogP contribution in [0.3, 0.4) is 0 Å². The molecule has 0 aliphatic rings. The van der Waals surface area contributed by atoms with Gasteiger partial charge in [0.1, 0.15) is 5.65 Å². The quantitative estimate of drug-likeness (QED) is 0.481. The summed E-state index contributed by atoms with van der Waals surface area (Å²) in [5, 5.41) is 0.687. The minimum Gasteiger partial charge on any atom is -0.306 e. The molecule has 3 aromatic heterocycles. The summed E-state index contributed by atoms with van der Waals surface area (Å²) in [7, 11) is 0. The van der Waals surface area contributed by atoms with Gasteiger partial charge in [-0.15, -0.1) is 0 Å². The summed E-state index contributed by atoms with van der Waals surface area (Å²) in [4.78, 5) is 8.37. The van der Waals surface area contributed by atoms with Crippen molar-refractivity contribution in [2.45, 2.75) is 13.3 Å². The van der Waals surface area contributed by atoms with Gasteiger partial charge in [0.15, 0.2) is 0 Å². The molecule has 0 saturated carbocycles. The van der Waals surface area contributed by atoms with Crippen LogP contribution in [0.15, 0.2) is 61.1 Å². The second-order valence-corrected chi connectivity index (χ2v) is 6.49. The molecular formula is C20H15ClFN3. The van der Waals surface area contributed by atoms with E-state index in [0.29, 0.717) is 11.4 Å². The van der Waals surface area contributed by atoms with Crippen molar-refractivity contribution in [1.82, 2.24) is 14.4 Å². The van der Waals surface area contributed by atoms with E-state index in [0.717, 1.165) is 33.6 Å². The second kappa shape index (κ2) is 6.30. The van der Waals surface area contributed by atoms with E-state index in [1.54, 1.807) is 12.3 Å². The zero-order chi connectivity index (χ0) is 17.4. The molecule has 0 aliphatic carbocycles. The lowest BCUT2D eigenvalue weighted by atomic mass is 10.0. The maximum absolute atomic E-state index is 13.0. The highest BCUT2D eigenvalue weighted by molar-refractivity contribution is 6.30. The number of fused-ring (bicyclic) bond motifs is 1. The fraction of sp³-hybridized carbons (Fsp3) is 0.100. The van der Waals surface area contributed by atoms with E-state index in [-0.39, 0.29) is 0 Å². The Hall–Kier alpha value is -2.72. The Bertz CT molecular complexity index is 1050. The predicted octanol–water partition coefficient (Wildman–Crippen LogP) is 5.09. The van der Waals surface area contributed by atoms with Crippen molar-refractivity contribution >= 4 is 17.2 Å². The first-order chi connectivity index (χ1) is 12.1. The number of hydrogen-bond acceptors (Lipinski definition) is 2. The molecule has 0 amide bonds. The van der Waals surface area contributed by atoms with Crippen LogP contribution >= 0.6 is 11.6 Å². The van der Waals surface area contributed by atoms with E-state index in [1.165, 1.54) is 6.07 Å². The first kappa shape index (κ1) is 15.8. The van der Waals surface area contributed by atoms with Crippen LogP contribution in [-0.4, -0.2) is 14.4 Å². The molecule has 4 rings (SSSR count). The molecule has 0 atom stereocenters.